The molecule has 20 heavy (non-hydrogen) atoms. The minimum Gasteiger partial charge on any atom is -0.393 e. The van der Waals surface area contributed by atoms with Crippen molar-refractivity contribution < 1.29 is 5.11 Å². The van der Waals surface area contributed by atoms with E-state index in [9.17, 15) is 5.11 Å². The second kappa shape index (κ2) is 7.64. The van der Waals surface area contributed by atoms with Crippen LogP contribution in [0.25, 0.3) is 0 Å². The SMILES string of the molecule is CCCNc1ncc(Cl)c(NCC2CCCC(O)C2)n1. The fraction of sp³-hybridized carbons (Fsp3) is 0.714. The number of hydrogen-bond acceptors (Lipinski definition) is 5. The summed E-state index contributed by atoms with van der Waals surface area (Å²) >= 11 is 6.11. The third kappa shape index (κ3) is 4.49. The Morgan fingerprint density at radius 1 is 1.40 bits per heavy atom. The van der Waals surface area contributed by atoms with Crippen molar-refractivity contribution in [1.29, 1.82) is 0 Å². The van der Waals surface area contributed by atoms with Crippen LogP contribution < -0.4 is 10.6 Å². The fourth-order valence-electron chi connectivity index (χ4n) is 2.50. The predicted octanol–water partition coefficient (Wildman–Crippen LogP) is 2.91. The summed E-state index contributed by atoms with van der Waals surface area (Å²) in [6.45, 7) is 3.73. The van der Waals surface area contributed by atoms with Gasteiger partial charge >= 0.3 is 0 Å². The molecule has 1 aromatic rings. The van der Waals surface area contributed by atoms with Crippen molar-refractivity contribution in [2.24, 2.45) is 5.92 Å². The molecule has 5 nitrogen and oxygen atoms in total. The highest BCUT2D eigenvalue weighted by Gasteiger charge is 2.20. The normalized spacial score (nSPS) is 22.6. The van der Waals surface area contributed by atoms with E-state index in [1.807, 2.05) is 0 Å². The van der Waals surface area contributed by atoms with Crippen LogP contribution >= 0.6 is 11.6 Å². The van der Waals surface area contributed by atoms with Crippen LogP contribution in [0, 0.1) is 5.92 Å². The predicted molar refractivity (Wildman–Crippen MR) is 82.3 cm³/mol. The Labute approximate surface area is 125 Å². The lowest BCUT2D eigenvalue weighted by Gasteiger charge is -2.26. The molecule has 6 heteroatoms. The first-order valence-electron chi connectivity index (χ1n) is 7.37. The first kappa shape index (κ1) is 15.3. The Hall–Kier alpha value is -1.07. The number of nitrogens with one attached hydrogen (secondary N) is 2. The molecule has 0 bridgehead atoms. The van der Waals surface area contributed by atoms with E-state index in [1.54, 1.807) is 6.20 Å². The molecule has 1 aromatic heterocycles. The van der Waals surface area contributed by atoms with Gasteiger partial charge in [0.15, 0.2) is 0 Å². The Balaban J connectivity index is 1.90. The molecular formula is C14H23ClN4O. The number of anilines is 2. The van der Waals surface area contributed by atoms with Crippen LogP contribution in [-0.2, 0) is 0 Å². The average molecular weight is 299 g/mol. The largest absolute Gasteiger partial charge is 0.393 e. The second-order valence-corrected chi connectivity index (χ2v) is 5.79. The number of aliphatic hydroxyl groups excluding tert-OH is 1. The van der Waals surface area contributed by atoms with Crippen molar-refractivity contribution in [3.8, 4) is 0 Å². The molecule has 1 heterocycles. The van der Waals surface area contributed by atoms with E-state index < -0.39 is 0 Å². The van der Waals surface area contributed by atoms with Gasteiger partial charge in [-0.2, -0.15) is 4.98 Å². The Bertz CT molecular complexity index is 430. The van der Waals surface area contributed by atoms with Crippen LogP contribution in [0.1, 0.15) is 39.0 Å². The number of aromatic nitrogens is 2. The number of nitrogens with zero attached hydrogens (tertiary/aromatic N) is 2. The zero-order valence-corrected chi connectivity index (χ0v) is 12.7. The number of hydrogen-bond donors (Lipinski definition) is 3. The molecular weight excluding hydrogens is 276 g/mol. The average Bonchev–Trinajstić information content (AvgIpc) is 2.45. The lowest BCUT2D eigenvalue weighted by Crippen LogP contribution is -2.25. The van der Waals surface area contributed by atoms with E-state index in [4.69, 9.17) is 11.6 Å². The molecule has 3 N–H and O–H groups in total. The molecule has 2 rings (SSSR count). The monoisotopic (exact) mass is 298 g/mol. The minimum atomic E-state index is -0.154. The summed E-state index contributed by atoms with van der Waals surface area (Å²) in [6, 6.07) is 0. The van der Waals surface area contributed by atoms with Crippen molar-refractivity contribution in [3.63, 3.8) is 0 Å². The van der Waals surface area contributed by atoms with Gasteiger partial charge in [-0.1, -0.05) is 24.9 Å². The maximum Gasteiger partial charge on any atom is 0.224 e. The van der Waals surface area contributed by atoms with E-state index in [1.165, 1.54) is 0 Å². The summed E-state index contributed by atoms with van der Waals surface area (Å²) in [5, 5.41) is 16.6. The molecule has 1 aliphatic carbocycles. The molecule has 1 aliphatic rings. The quantitative estimate of drug-likeness (QED) is 0.753. The third-order valence-corrected chi connectivity index (χ3v) is 3.87. The Morgan fingerprint density at radius 3 is 3.00 bits per heavy atom. The van der Waals surface area contributed by atoms with Crippen LogP contribution in [0.4, 0.5) is 11.8 Å². The summed E-state index contributed by atoms with van der Waals surface area (Å²) in [5.74, 6) is 1.75. The van der Waals surface area contributed by atoms with Crippen molar-refractivity contribution in [2.45, 2.75) is 45.1 Å². The highest BCUT2D eigenvalue weighted by molar-refractivity contribution is 6.32. The number of aliphatic hydroxyl groups is 1. The lowest BCUT2D eigenvalue weighted by molar-refractivity contribution is 0.104. The minimum absolute atomic E-state index is 0.154. The summed E-state index contributed by atoms with van der Waals surface area (Å²) in [7, 11) is 0. The Kier molecular flexibility index (Phi) is 5.86. The molecule has 112 valence electrons. The molecule has 0 aromatic carbocycles. The molecule has 0 radical (unpaired) electrons. The fourth-order valence-corrected chi connectivity index (χ4v) is 2.66. The van der Waals surface area contributed by atoms with E-state index in [-0.39, 0.29) is 6.10 Å². The standard InChI is InChI=1S/C14H23ClN4O/c1-2-6-16-14-18-9-12(15)13(19-14)17-8-10-4-3-5-11(20)7-10/h9-11,20H,2-8H2,1H3,(H2,16,17,18,19). The first-order valence-corrected chi connectivity index (χ1v) is 7.75. The first-order chi connectivity index (χ1) is 9.69. The van der Waals surface area contributed by atoms with Gasteiger partial charge in [-0.25, -0.2) is 4.98 Å². The molecule has 1 fully saturated rings. The van der Waals surface area contributed by atoms with Crippen LogP contribution in [0.5, 0.6) is 0 Å². The smallest absolute Gasteiger partial charge is 0.224 e. The molecule has 2 unspecified atom stereocenters. The van der Waals surface area contributed by atoms with E-state index in [0.29, 0.717) is 22.7 Å². The lowest BCUT2D eigenvalue weighted by atomic mass is 9.87. The number of halogens is 1. The Morgan fingerprint density at radius 2 is 2.25 bits per heavy atom. The summed E-state index contributed by atoms with van der Waals surface area (Å²) < 4.78 is 0. The zero-order chi connectivity index (χ0) is 14.4. The zero-order valence-electron chi connectivity index (χ0n) is 11.9. The van der Waals surface area contributed by atoms with Gasteiger partial charge in [-0.05, 0) is 31.6 Å². The van der Waals surface area contributed by atoms with Crippen LogP contribution in [0.3, 0.4) is 0 Å². The number of rotatable bonds is 6. The van der Waals surface area contributed by atoms with Crippen LogP contribution in [0.2, 0.25) is 5.02 Å². The van der Waals surface area contributed by atoms with Gasteiger partial charge < -0.3 is 15.7 Å². The summed E-state index contributed by atoms with van der Waals surface area (Å²) in [4.78, 5) is 8.53. The van der Waals surface area contributed by atoms with Gasteiger partial charge in [0.2, 0.25) is 5.95 Å². The van der Waals surface area contributed by atoms with Crippen molar-refractivity contribution in [3.05, 3.63) is 11.2 Å². The molecule has 0 spiro atoms. The van der Waals surface area contributed by atoms with Gasteiger partial charge in [-0.15, -0.1) is 0 Å². The van der Waals surface area contributed by atoms with Gasteiger partial charge in [0.05, 0.1) is 12.3 Å². The van der Waals surface area contributed by atoms with Gasteiger partial charge in [0.1, 0.15) is 10.8 Å². The van der Waals surface area contributed by atoms with Crippen molar-refractivity contribution in [2.75, 3.05) is 23.7 Å². The topological polar surface area (TPSA) is 70.1 Å². The molecule has 0 amide bonds. The molecule has 2 atom stereocenters. The highest BCUT2D eigenvalue weighted by atomic mass is 35.5. The van der Waals surface area contributed by atoms with E-state index >= 15 is 0 Å². The second-order valence-electron chi connectivity index (χ2n) is 5.38. The summed E-state index contributed by atoms with van der Waals surface area (Å²) in [5.41, 5.74) is 0. The third-order valence-electron chi connectivity index (χ3n) is 3.59. The maximum atomic E-state index is 9.68. The van der Waals surface area contributed by atoms with Crippen molar-refractivity contribution in [1.82, 2.24) is 9.97 Å². The highest BCUT2D eigenvalue weighted by Crippen LogP contribution is 2.26. The van der Waals surface area contributed by atoms with Gasteiger partial charge in [0.25, 0.3) is 0 Å². The van der Waals surface area contributed by atoms with E-state index in [2.05, 4.69) is 27.5 Å². The van der Waals surface area contributed by atoms with Crippen molar-refractivity contribution >= 4 is 23.4 Å². The summed E-state index contributed by atoms with van der Waals surface area (Å²) in [6.07, 6.45) is 6.51. The van der Waals surface area contributed by atoms with Gasteiger partial charge in [-0.3, -0.25) is 0 Å². The van der Waals surface area contributed by atoms with E-state index in [0.717, 1.165) is 45.2 Å². The maximum absolute atomic E-state index is 9.68. The molecule has 0 saturated heterocycles. The van der Waals surface area contributed by atoms with Crippen LogP contribution in [0.15, 0.2) is 6.20 Å². The molecule has 1 saturated carbocycles. The van der Waals surface area contributed by atoms with Crippen LogP contribution in [-0.4, -0.2) is 34.3 Å². The van der Waals surface area contributed by atoms with Gasteiger partial charge in [0, 0.05) is 13.1 Å². The molecule has 0 aliphatic heterocycles.